The van der Waals surface area contributed by atoms with Crippen LogP contribution in [0.15, 0.2) is 30.3 Å². The summed E-state index contributed by atoms with van der Waals surface area (Å²) in [5.41, 5.74) is 1.62. The van der Waals surface area contributed by atoms with E-state index in [1.165, 1.54) is 31.2 Å². The highest BCUT2D eigenvalue weighted by Crippen LogP contribution is 2.59. The molecule has 2 aliphatic carbocycles. The molecule has 3 fully saturated rings. The van der Waals surface area contributed by atoms with Crippen molar-refractivity contribution < 1.29 is 4.79 Å². The lowest BCUT2D eigenvalue weighted by Crippen LogP contribution is -2.37. The highest BCUT2D eigenvalue weighted by atomic mass is 16.2. The van der Waals surface area contributed by atoms with Crippen LogP contribution < -0.4 is 5.32 Å². The summed E-state index contributed by atoms with van der Waals surface area (Å²) >= 11 is 0. The Balaban J connectivity index is 1.46. The standard InChI is InChI=1S/C18H24N2O/c21-17(16-12-18(16)8-10-19-11-9-18)20(15-6-7-15)13-14-4-2-1-3-5-14/h1-5,15-16,19H,6-13H2. The molecule has 3 nitrogen and oxygen atoms in total. The molecule has 0 bridgehead atoms. The summed E-state index contributed by atoms with van der Waals surface area (Å²) in [6, 6.07) is 11.0. The molecule has 0 radical (unpaired) electrons. The van der Waals surface area contributed by atoms with E-state index in [4.69, 9.17) is 0 Å². The predicted molar refractivity (Wildman–Crippen MR) is 82.7 cm³/mol. The van der Waals surface area contributed by atoms with Crippen molar-refractivity contribution in [3.8, 4) is 0 Å². The zero-order chi connectivity index (χ0) is 14.3. The first-order valence-corrected chi connectivity index (χ1v) is 8.34. The fourth-order valence-corrected chi connectivity index (χ4v) is 3.93. The minimum absolute atomic E-state index is 0.309. The minimum atomic E-state index is 0.309. The number of hydrogen-bond acceptors (Lipinski definition) is 2. The quantitative estimate of drug-likeness (QED) is 0.921. The molecule has 1 amide bonds. The Morgan fingerprint density at radius 2 is 1.90 bits per heavy atom. The molecule has 0 aromatic heterocycles. The van der Waals surface area contributed by atoms with Gasteiger partial charge in [0.05, 0.1) is 0 Å². The summed E-state index contributed by atoms with van der Waals surface area (Å²) in [6.07, 6.45) is 5.89. The van der Waals surface area contributed by atoms with E-state index >= 15 is 0 Å². The van der Waals surface area contributed by atoms with Crippen molar-refractivity contribution in [2.45, 2.75) is 44.7 Å². The van der Waals surface area contributed by atoms with E-state index < -0.39 is 0 Å². The number of nitrogens with zero attached hydrogens (tertiary/aromatic N) is 1. The van der Waals surface area contributed by atoms with Crippen LogP contribution in [0.3, 0.4) is 0 Å². The van der Waals surface area contributed by atoms with Crippen molar-refractivity contribution >= 4 is 5.91 Å². The zero-order valence-corrected chi connectivity index (χ0v) is 12.6. The van der Waals surface area contributed by atoms with Gasteiger partial charge in [-0.2, -0.15) is 0 Å². The van der Waals surface area contributed by atoms with Gasteiger partial charge in [0.2, 0.25) is 5.91 Å². The second-order valence-electron chi connectivity index (χ2n) is 7.05. The van der Waals surface area contributed by atoms with E-state index in [1.54, 1.807) is 0 Å². The largest absolute Gasteiger partial charge is 0.335 e. The van der Waals surface area contributed by atoms with Crippen molar-refractivity contribution in [3.63, 3.8) is 0 Å². The Bertz CT molecular complexity index is 517. The van der Waals surface area contributed by atoms with Gasteiger partial charge in [-0.05, 0) is 56.2 Å². The summed E-state index contributed by atoms with van der Waals surface area (Å²) in [5.74, 6) is 0.743. The first-order valence-electron chi connectivity index (χ1n) is 8.34. The molecule has 112 valence electrons. The van der Waals surface area contributed by atoms with E-state index in [0.717, 1.165) is 26.1 Å². The van der Waals surface area contributed by atoms with Crippen LogP contribution in [-0.4, -0.2) is 29.9 Å². The molecule has 21 heavy (non-hydrogen) atoms. The van der Waals surface area contributed by atoms with Crippen molar-refractivity contribution in [1.29, 1.82) is 0 Å². The molecule has 1 aromatic rings. The summed E-state index contributed by atoms with van der Waals surface area (Å²) < 4.78 is 0. The molecule has 1 atom stereocenters. The monoisotopic (exact) mass is 284 g/mol. The number of hydrogen-bond donors (Lipinski definition) is 1. The average Bonchev–Trinajstić information content (AvgIpc) is 3.43. The van der Waals surface area contributed by atoms with Crippen LogP contribution in [-0.2, 0) is 11.3 Å². The smallest absolute Gasteiger partial charge is 0.226 e. The van der Waals surface area contributed by atoms with Crippen LogP contribution in [0.4, 0.5) is 0 Å². The van der Waals surface area contributed by atoms with Gasteiger partial charge >= 0.3 is 0 Å². The van der Waals surface area contributed by atoms with Gasteiger partial charge in [0.15, 0.2) is 0 Å². The summed E-state index contributed by atoms with van der Waals surface area (Å²) in [4.78, 5) is 15.1. The third-order valence-electron chi connectivity index (χ3n) is 5.55. The second-order valence-corrected chi connectivity index (χ2v) is 7.05. The van der Waals surface area contributed by atoms with Crippen LogP contribution in [0.2, 0.25) is 0 Å². The molecule has 2 saturated carbocycles. The second kappa shape index (κ2) is 5.13. The van der Waals surface area contributed by atoms with E-state index in [0.29, 0.717) is 23.3 Å². The van der Waals surface area contributed by atoms with Gasteiger partial charge in [0.25, 0.3) is 0 Å². The summed E-state index contributed by atoms with van der Waals surface area (Å²) in [5, 5.41) is 3.42. The molecule has 1 N–H and O–H groups in total. The van der Waals surface area contributed by atoms with Gasteiger partial charge in [-0.3, -0.25) is 4.79 Å². The Morgan fingerprint density at radius 1 is 1.19 bits per heavy atom. The Labute approximate surface area is 126 Å². The first-order chi connectivity index (χ1) is 10.3. The SMILES string of the molecule is O=C(C1CC12CCNCC2)N(Cc1ccccc1)C1CC1. The number of carbonyl (C=O) groups is 1. The van der Waals surface area contributed by atoms with Gasteiger partial charge in [-0.1, -0.05) is 30.3 Å². The van der Waals surface area contributed by atoms with Gasteiger partial charge < -0.3 is 10.2 Å². The third-order valence-corrected chi connectivity index (χ3v) is 5.55. The molecule has 1 saturated heterocycles. The molecule has 1 aliphatic heterocycles. The van der Waals surface area contributed by atoms with Crippen LogP contribution in [0.5, 0.6) is 0 Å². The first kappa shape index (κ1) is 13.3. The van der Waals surface area contributed by atoms with E-state index in [9.17, 15) is 4.79 Å². The molecule has 1 unspecified atom stereocenters. The normalized spacial score (nSPS) is 26.6. The number of benzene rings is 1. The molecule has 4 rings (SSSR count). The van der Waals surface area contributed by atoms with E-state index in [-0.39, 0.29) is 0 Å². The average molecular weight is 284 g/mol. The molecular formula is C18H24N2O. The topological polar surface area (TPSA) is 32.3 Å². The predicted octanol–water partition coefficient (Wildman–Crippen LogP) is 2.57. The summed E-state index contributed by atoms with van der Waals surface area (Å²) in [7, 11) is 0. The van der Waals surface area contributed by atoms with Crippen LogP contribution in [0, 0.1) is 11.3 Å². The molecule has 3 heteroatoms. The van der Waals surface area contributed by atoms with Gasteiger partial charge in [0.1, 0.15) is 0 Å². The fraction of sp³-hybridized carbons (Fsp3) is 0.611. The third kappa shape index (κ3) is 2.59. The van der Waals surface area contributed by atoms with Gasteiger partial charge in [0, 0.05) is 18.5 Å². The molecule has 3 aliphatic rings. The lowest BCUT2D eigenvalue weighted by atomic mass is 9.91. The Morgan fingerprint density at radius 3 is 2.57 bits per heavy atom. The van der Waals surface area contributed by atoms with Crippen molar-refractivity contribution in [2.75, 3.05) is 13.1 Å². The number of rotatable bonds is 4. The highest BCUT2D eigenvalue weighted by Gasteiger charge is 2.59. The number of piperidine rings is 1. The maximum Gasteiger partial charge on any atom is 0.226 e. The van der Waals surface area contributed by atoms with Crippen LogP contribution in [0.25, 0.3) is 0 Å². The lowest BCUT2D eigenvalue weighted by Gasteiger charge is -2.27. The number of nitrogens with one attached hydrogen (secondary N) is 1. The number of amides is 1. The van der Waals surface area contributed by atoms with Gasteiger partial charge in [-0.15, -0.1) is 0 Å². The molecular weight excluding hydrogens is 260 g/mol. The highest BCUT2D eigenvalue weighted by molar-refractivity contribution is 5.83. The van der Waals surface area contributed by atoms with Crippen molar-refractivity contribution in [3.05, 3.63) is 35.9 Å². The molecule has 1 spiro atoms. The molecule has 1 heterocycles. The Kier molecular flexibility index (Phi) is 3.26. The zero-order valence-electron chi connectivity index (χ0n) is 12.6. The Hall–Kier alpha value is -1.35. The lowest BCUT2D eigenvalue weighted by molar-refractivity contribution is -0.134. The van der Waals surface area contributed by atoms with Crippen molar-refractivity contribution in [1.82, 2.24) is 10.2 Å². The maximum atomic E-state index is 13.0. The number of carbonyl (C=O) groups excluding carboxylic acids is 1. The van der Waals surface area contributed by atoms with E-state index in [1.807, 2.05) is 6.07 Å². The summed E-state index contributed by atoms with van der Waals surface area (Å²) in [6.45, 7) is 2.98. The van der Waals surface area contributed by atoms with E-state index in [2.05, 4.69) is 34.5 Å². The minimum Gasteiger partial charge on any atom is -0.335 e. The van der Waals surface area contributed by atoms with Gasteiger partial charge in [-0.25, -0.2) is 0 Å². The van der Waals surface area contributed by atoms with Crippen LogP contribution >= 0.6 is 0 Å². The van der Waals surface area contributed by atoms with Crippen LogP contribution in [0.1, 0.15) is 37.7 Å². The van der Waals surface area contributed by atoms with Crippen molar-refractivity contribution in [2.24, 2.45) is 11.3 Å². The fourth-order valence-electron chi connectivity index (χ4n) is 3.93. The molecule has 1 aromatic carbocycles. The maximum absolute atomic E-state index is 13.0.